The maximum Gasteiger partial charge on any atom is 0.297 e. The highest BCUT2D eigenvalue weighted by atomic mass is 32.1. The van der Waals surface area contributed by atoms with E-state index in [2.05, 4.69) is 0 Å². The molecule has 2 aromatic heterocycles. The molecule has 0 spiro atoms. The van der Waals surface area contributed by atoms with Crippen LogP contribution in [-0.2, 0) is 0 Å². The van der Waals surface area contributed by atoms with Crippen molar-refractivity contribution in [3.8, 4) is 11.5 Å². The van der Waals surface area contributed by atoms with Crippen molar-refractivity contribution >= 4 is 43.6 Å². The molecule has 3 aromatic carbocycles. The molecule has 0 radical (unpaired) electrons. The predicted octanol–water partition coefficient (Wildman–Crippen LogP) is 5.17. The third-order valence-corrected chi connectivity index (χ3v) is 7.03. The van der Waals surface area contributed by atoms with Gasteiger partial charge in [-0.3, -0.25) is 14.5 Å². The van der Waals surface area contributed by atoms with Crippen LogP contribution in [0.4, 0.5) is 5.13 Å². The van der Waals surface area contributed by atoms with Crippen LogP contribution in [0.3, 0.4) is 0 Å². The second-order valence-corrected chi connectivity index (χ2v) is 8.83. The summed E-state index contributed by atoms with van der Waals surface area (Å²) < 4.78 is 18.0. The van der Waals surface area contributed by atoms with E-state index in [0.29, 0.717) is 33.2 Å². The Morgan fingerprint density at radius 3 is 2.56 bits per heavy atom. The van der Waals surface area contributed by atoms with Gasteiger partial charge in [0.05, 0.1) is 35.4 Å². The third kappa shape index (κ3) is 2.92. The summed E-state index contributed by atoms with van der Waals surface area (Å²) in [6.07, 6.45) is 0. The molecular weight excluding hydrogens is 452 g/mol. The molecule has 1 aliphatic rings. The van der Waals surface area contributed by atoms with Crippen LogP contribution in [0, 0.1) is 0 Å². The molecule has 7 nitrogen and oxygen atoms in total. The van der Waals surface area contributed by atoms with Gasteiger partial charge in [0.2, 0.25) is 5.76 Å². The van der Waals surface area contributed by atoms with Crippen molar-refractivity contribution < 1.29 is 18.7 Å². The average molecular weight is 471 g/mol. The Balaban J connectivity index is 1.68. The van der Waals surface area contributed by atoms with Crippen molar-refractivity contribution in [3.05, 3.63) is 93.8 Å². The summed E-state index contributed by atoms with van der Waals surface area (Å²) in [4.78, 5) is 33.8. The van der Waals surface area contributed by atoms with Gasteiger partial charge in [-0.15, -0.1) is 0 Å². The van der Waals surface area contributed by atoms with Gasteiger partial charge >= 0.3 is 0 Å². The van der Waals surface area contributed by atoms with Gasteiger partial charge in [-0.2, -0.15) is 0 Å². The van der Waals surface area contributed by atoms with Crippen LogP contribution in [0.1, 0.15) is 27.7 Å². The van der Waals surface area contributed by atoms with E-state index in [1.54, 1.807) is 56.7 Å². The summed E-state index contributed by atoms with van der Waals surface area (Å²) in [6, 6.07) is 19.1. The summed E-state index contributed by atoms with van der Waals surface area (Å²) in [5, 5.41) is 0.878. The zero-order chi connectivity index (χ0) is 23.4. The molecule has 168 valence electrons. The number of nitrogens with zero attached hydrogens (tertiary/aromatic N) is 2. The van der Waals surface area contributed by atoms with Crippen LogP contribution in [-0.4, -0.2) is 25.1 Å². The van der Waals surface area contributed by atoms with Gasteiger partial charge in [0.15, 0.2) is 10.6 Å². The topological polar surface area (TPSA) is 81.9 Å². The van der Waals surface area contributed by atoms with E-state index < -0.39 is 11.9 Å². The van der Waals surface area contributed by atoms with Crippen molar-refractivity contribution in [2.24, 2.45) is 0 Å². The lowest BCUT2D eigenvalue weighted by Crippen LogP contribution is -2.29. The minimum Gasteiger partial charge on any atom is -0.497 e. The van der Waals surface area contributed by atoms with Crippen LogP contribution < -0.4 is 19.8 Å². The maximum atomic E-state index is 13.8. The molecule has 8 heteroatoms. The van der Waals surface area contributed by atoms with E-state index in [1.807, 2.05) is 24.3 Å². The van der Waals surface area contributed by atoms with E-state index in [4.69, 9.17) is 18.9 Å². The third-order valence-electron chi connectivity index (χ3n) is 6.00. The van der Waals surface area contributed by atoms with Crippen molar-refractivity contribution in [3.63, 3.8) is 0 Å². The van der Waals surface area contributed by atoms with Gasteiger partial charge in [0.1, 0.15) is 23.1 Å². The van der Waals surface area contributed by atoms with Gasteiger partial charge < -0.3 is 13.9 Å². The molecule has 1 atom stereocenters. The lowest BCUT2D eigenvalue weighted by Gasteiger charge is -2.24. The van der Waals surface area contributed by atoms with Gasteiger partial charge in [-0.05, 0) is 42.5 Å². The summed E-state index contributed by atoms with van der Waals surface area (Å²) in [5.41, 5.74) is 1.74. The number of anilines is 1. The summed E-state index contributed by atoms with van der Waals surface area (Å²) in [7, 11) is 3.11. The number of rotatable bonds is 4. The predicted molar refractivity (Wildman–Crippen MR) is 130 cm³/mol. The number of para-hydroxylation sites is 2. The molecule has 0 bridgehead atoms. The zero-order valence-electron chi connectivity index (χ0n) is 18.3. The summed E-state index contributed by atoms with van der Waals surface area (Å²) in [6.45, 7) is 0. The highest BCUT2D eigenvalue weighted by molar-refractivity contribution is 7.22. The van der Waals surface area contributed by atoms with Crippen LogP contribution in [0.15, 0.2) is 75.9 Å². The van der Waals surface area contributed by atoms with Crippen LogP contribution in [0.5, 0.6) is 11.5 Å². The molecule has 0 aliphatic carbocycles. The Kier molecular flexibility index (Phi) is 4.63. The summed E-state index contributed by atoms with van der Waals surface area (Å²) in [5.74, 6) is 0.681. The zero-order valence-corrected chi connectivity index (χ0v) is 19.1. The van der Waals surface area contributed by atoms with Crippen LogP contribution in [0.25, 0.3) is 21.2 Å². The first-order valence-corrected chi connectivity index (χ1v) is 11.4. The standard InChI is InChI=1S/C26H18N2O5S/c1-31-14-11-12-18(32-2)16(13-14)22-21-23(29)15-7-3-5-9-19(15)33-24(21)25(30)28(22)26-27-17-8-4-6-10-20(17)34-26/h3-13,22H,1-2H3. The highest BCUT2D eigenvalue weighted by Crippen LogP contribution is 2.46. The highest BCUT2D eigenvalue weighted by Gasteiger charge is 2.46. The monoisotopic (exact) mass is 470 g/mol. The number of fused-ring (bicyclic) bond motifs is 3. The molecule has 1 unspecified atom stereocenters. The largest absolute Gasteiger partial charge is 0.497 e. The number of methoxy groups -OCH3 is 2. The quantitative estimate of drug-likeness (QED) is 0.360. The minimum absolute atomic E-state index is 0.0119. The van der Waals surface area contributed by atoms with Gasteiger partial charge in [0, 0.05) is 5.56 Å². The number of hydrogen-bond acceptors (Lipinski definition) is 7. The number of benzene rings is 3. The van der Waals surface area contributed by atoms with Crippen LogP contribution >= 0.6 is 11.3 Å². The number of carbonyl (C=O) groups excluding carboxylic acids is 1. The molecule has 5 aromatic rings. The maximum absolute atomic E-state index is 13.8. The van der Waals surface area contributed by atoms with E-state index in [9.17, 15) is 9.59 Å². The normalized spacial score (nSPS) is 15.2. The Morgan fingerprint density at radius 1 is 0.971 bits per heavy atom. The molecule has 0 saturated carbocycles. The Labute approximate surface area is 197 Å². The molecule has 0 fully saturated rings. The van der Waals surface area contributed by atoms with Crippen molar-refractivity contribution in [2.45, 2.75) is 6.04 Å². The summed E-state index contributed by atoms with van der Waals surface area (Å²) >= 11 is 1.38. The first kappa shape index (κ1) is 20.4. The van der Waals surface area contributed by atoms with E-state index in [0.717, 1.165) is 10.2 Å². The number of ether oxygens (including phenoxy) is 2. The van der Waals surface area contributed by atoms with Crippen molar-refractivity contribution in [1.29, 1.82) is 0 Å². The fourth-order valence-corrected chi connectivity index (χ4v) is 5.42. The lowest BCUT2D eigenvalue weighted by molar-refractivity contribution is 0.0971. The Bertz CT molecular complexity index is 1620. The molecule has 0 saturated heterocycles. The van der Waals surface area contributed by atoms with E-state index in [-0.39, 0.29) is 16.8 Å². The Morgan fingerprint density at radius 2 is 1.76 bits per heavy atom. The SMILES string of the molecule is COc1ccc(OC)c(C2c3c(oc4ccccc4c3=O)C(=O)N2c2nc3ccccc3s2)c1. The van der Waals surface area contributed by atoms with Gasteiger partial charge in [-0.1, -0.05) is 35.6 Å². The first-order valence-electron chi connectivity index (χ1n) is 10.6. The van der Waals surface area contributed by atoms with E-state index >= 15 is 0 Å². The van der Waals surface area contributed by atoms with Crippen molar-refractivity contribution in [1.82, 2.24) is 4.98 Å². The molecule has 34 heavy (non-hydrogen) atoms. The molecule has 1 amide bonds. The molecular formula is C26H18N2O5S. The van der Waals surface area contributed by atoms with Crippen LogP contribution in [0.2, 0.25) is 0 Å². The van der Waals surface area contributed by atoms with E-state index in [1.165, 1.54) is 16.2 Å². The average Bonchev–Trinajstić information content (AvgIpc) is 3.42. The molecule has 0 N–H and O–H groups in total. The number of hydrogen-bond donors (Lipinski definition) is 0. The second-order valence-electron chi connectivity index (χ2n) is 7.82. The number of aromatic nitrogens is 1. The first-order chi connectivity index (χ1) is 16.6. The Hall–Kier alpha value is -4.17. The van der Waals surface area contributed by atoms with Crippen molar-refractivity contribution in [2.75, 3.05) is 19.1 Å². The molecule has 6 rings (SSSR count). The minimum atomic E-state index is -0.797. The fourth-order valence-electron chi connectivity index (χ4n) is 4.43. The lowest BCUT2D eigenvalue weighted by atomic mass is 9.97. The number of thiazole rings is 1. The fraction of sp³-hybridized carbons (Fsp3) is 0.115. The molecule has 3 heterocycles. The number of amides is 1. The number of carbonyl (C=O) groups is 1. The second kappa shape index (κ2) is 7.71. The van der Waals surface area contributed by atoms with Gasteiger partial charge in [0.25, 0.3) is 5.91 Å². The molecule has 1 aliphatic heterocycles. The van der Waals surface area contributed by atoms with Gasteiger partial charge in [-0.25, -0.2) is 4.98 Å². The smallest absolute Gasteiger partial charge is 0.297 e.